The Balaban J connectivity index is 1.58. The van der Waals surface area contributed by atoms with Gasteiger partial charge in [-0.15, -0.1) is 0 Å². The van der Waals surface area contributed by atoms with Crippen molar-refractivity contribution in [1.29, 1.82) is 0 Å². The third-order valence-electron chi connectivity index (χ3n) is 4.62. The molecule has 0 aromatic heterocycles. The van der Waals surface area contributed by atoms with Crippen LogP contribution in [0, 0.1) is 0 Å². The zero-order valence-corrected chi connectivity index (χ0v) is 11.7. The van der Waals surface area contributed by atoms with Gasteiger partial charge in [0.1, 0.15) is 5.54 Å². The van der Waals surface area contributed by atoms with E-state index in [-0.39, 0.29) is 0 Å². The van der Waals surface area contributed by atoms with E-state index in [0.717, 1.165) is 37.4 Å². The zero-order chi connectivity index (χ0) is 12.6. The van der Waals surface area contributed by atoms with Gasteiger partial charge in [0, 0.05) is 16.5 Å². The summed E-state index contributed by atoms with van der Waals surface area (Å²) in [6, 6.07) is 0.483. The second kappa shape index (κ2) is 5.04. The first-order chi connectivity index (χ1) is 8.68. The van der Waals surface area contributed by atoms with Crippen LogP contribution in [0.3, 0.4) is 0 Å². The number of nitrogens with one attached hydrogen (secondary N) is 1. The van der Waals surface area contributed by atoms with Gasteiger partial charge >= 0.3 is 5.97 Å². The van der Waals surface area contributed by atoms with Gasteiger partial charge in [0.05, 0.1) is 0 Å². The van der Waals surface area contributed by atoms with Gasteiger partial charge in [-0.25, -0.2) is 0 Å². The molecule has 0 aromatic carbocycles. The van der Waals surface area contributed by atoms with Gasteiger partial charge in [-0.2, -0.15) is 11.8 Å². The standard InChI is InChI=1S/C14H23NO2S/c16-13(17)14(15-10-5-6-10)8-7-12(9-14)18-11-3-1-2-4-11/h10-12,15H,1-9H2,(H,16,17). The van der Waals surface area contributed by atoms with Crippen LogP contribution in [0.25, 0.3) is 0 Å². The second-order valence-electron chi connectivity index (χ2n) is 6.21. The average Bonchev–Trinajstić information content (AvgIpc) is 2.84. The number of carboxylic acid groups (broad SMARTS) is 1. The highest BCUT2D eigenvalue weighted by molar-refractivity contribution is 8.00. The molecule has 0 aliphatic heterocycles. The van der Waals surface area contributed by atoms with Gasteiger partial charge in [0.25, 0.3) is 0 Å². The minimum absolute atomic E-state index is 0.483. The summed E-state index contributed by atoms with van der Waals surface area (Å²) in [7, 11) is 0. The molecule has 3 aliphatic carbocycles. The van der Waals surface area contributed by atoms with Crippen LogP contribution in [0.5, 0.6) is 0 Å². The smallest absolute Gasteiger partial charge is 0.323 e. The number of hydrogen-bond donors (Lipinski definition) is 2. The van der Waals surface area contributed by atoms with Crippen molar-refractivity contribution < 1.29 is 9.90 Å². The van der Waals surface area contributed by atoms with Crippen LogP contribution >= 0.6 is 11.8 Å². The van der Waals surface area contributed by atoms with E-state index < -0.39 is 11.5 Å². The number of rotatable bonds is 5. The largest absolute Gasteiger partial charge is 0.480 e. The van der Waals surface area contributed by atoms with Crippen molar-refractivity contribution >= 4 is 17.7 Å². The Labute approximate surface area is 113 Å². The molecule has 18 heavy (non-hydrogen) atoms. The van der Waals surface area contributed by atoms with Gasteiger partial charge < -0.3 is 5.11 Å². The summed E-state index contributed by atoms with van der Waals surface area (Å²) in [5, 5.41) is 14.3. The van der Waals surface area contributed by atoms with Crippen LogP contribution in [-0.4, -0.2) is 33.2 Å². The predicted molar refractivity (Wildman–Crippen MR) is 74.0 cm³/mol. The molecule has 0 saturated heterocycles. The van der Waals surface area contributed by atoms with Crippen molar-refractivity contribution in [1.82, 2.24) is 5.32 Å². The molecule has 3 nitrogen and oxygen atoms in total. The molecule has 0 heterocycles. The number of carbonyl (C=O) groups is 1. The van der Waals surface area contributed by atoms with Crippen LogP contribution in [0.4, 0.5) is 0 Å². The third-order valence-corrected chi connectivity index (χ3v) is 6.27. The minimum Gasteiger partial charge on any atom is -0.480 e. The Bertz CT molecular complexity index is 326. The van der Waals surface area contributed by atoms with Crippen molar-refractivity contribution in [2.75, 3.05) is 0 Å². The van der Waals surface area contributed by atoms with Gasteiger partial charge in [-0.05, 0) is 44.9 Å². The Kier molecular flexibility index (Phi) is 3.59. The molecule has 3 fully saturated rings. The lowest BCUT2D eigenvalue weighted by molar-refractivity contribution is -0.144. The van der Waals surface area contributed by atoms with Gasteiger partial charge in [0.15, 0.2) is 0 Å². The number of aliphatic carboxylic acids is 1. The van der Waals surface area contributed by atoms with E-state index in [1.165, 1.54) is 25.7 Å². The number of carboxylic acids is 1. The summed E-state index contributed by atoms with van der Waals surface area (Å²) in [5.41, 5.74) is -0.600. The van der Waals surface area contributed by atoms with Crippen LogP contribution in [0.15, 0.2) is 0 Å². The molecule has 0 spiro atoms. The zero-order valence-electron chi connectivity index (χ0n) is 10.9. The molecule has 0 aromatic rings. The molecule has 3 rings (SSSR count). The molecule has 3 saturated carbocycles. The maximum absolute atomic E-state index is 11.6. The molecular weight excluding hydrogens is 246 g/mol. The van der Waals surface area contributed by atoms with E-state index in [9.17, 15) is 9.90 Å². The van der Waals surface area contributed by atoms with Gasteiger partial charge in [-0.3, -0.25) is 10.1 Å². The predicted octanol–water partition coefficient (Wildman–Crippen LogP) is 2.79. The molecule has 2 N–H and O–H groups in total. The van der Waals surface area contributed by atoms with Gasteiger partial charge in [-0.1, -0.05) is 12.8 Å². The first-order valence-corrected chi connectivity index (χ1v) is 8.29. The molecule has 4 heteroatoms. The number of thioether (sulfide) groups is 1. The molecule has 3 aliphatic rings. The Hall–Kier alpha value is -0.220. The van der Waals surface area contributed by atoms with E-state index in [1.807, 2.05) is 0 Å². The Morgan fingerprint density at radius 2 is 1.83 bits per heavy atom. The van der Waals surface area contributed by atoms with Crippen molar-refractivity contribution in [3.8, 4) is 0 Å². The summed E-state index contributed by atoms with van der Waals surface area (Å²) < 4.78 is 0. The summed E-state index contributed by atoms with van der Waals surface area (Å²) in [6.07, 6.45) is 10.5. The van der Waals surface area contributed by atoms with Crippen molar-refractivity contribution in [3.05, 3.63) is 0 Å². The highest BCUT2D eigenvalue weighted by Gasteiger charge is 2.48. The minimum atomic E-state index is -0.621. The molecule has 0 bridgehead atoms. The van der Waals surface area contributed by atoms with Crippen molar-refractivity contribution in [3.63, 3.8) is 0 Å². The molecule has 102 valence electrons. The molecule has 2 atom stereocenters. The van der Waals surface area contributed by atoms with Crippen molar-refractivity contribution in [2.24, 2.45) is 0 Å². The average molecular weight is 269 g/mol. The first-order valence-electron chi connectivity index (χ1n) is 7.34. The van der Waals surface area contributed by atoms with Crippen LogP contribution in [0.1, 0.15) is 57.8 Å². The van der Waals surface area contributed by atoms with Gasteiger partial charge in [0.2, 0.25) is 0 Å². The van der Waals surface area contributed by atoms with Crippen LogP contribution in [0.2, 0.25) is 0 Å². The molecular formula is C14H23NO2S. The van der Waals surface area contributed by atoms with Crippen LogP contribution in [-0.2, 0) is 4.79 Å². The summed E-state index contributed by atoms with van der Waals surface area (Å²) in [4.78, 5) is 11.6. The fourth-order valence-corrected chi connectivity index (χ4v) is 5.20. The fraction of sp³-hybridized carbons (Fsp3) is 0.929. The SMILES string of the molecule is O=C(O)C1(NC2CC2)CCC(SC2CCCC2)C1. The highest BCUT2D eigenvalue weighted by Crippen LogP contribution is 2.43. The third kappa shape index (κ3) is 2.69. The van der Waals surface area contributed by atoms with E-state index in [4.69, 9.17) is 0 Å². The van der Waals surface area contributed by atoms with Crippen molar-refractivity contribution in [2.45, 2.75) is 79.9 Å². The second-order valence-corrected chi connectivity index (χ2v) is 7.82. The molecule has 0 amide bonds. The summed E-state index contributed by atoms with van der Waals surface area (Å²) in [5.74, 6) is -0.621. The maximum atomic E-state index is 11.6. The normalized spacial score (nSPS) is 37.2. The maximum Gasteiger partial charge on any atom is 0.323 e. The number of hydrogen-bond acceptors (Lipinski definition) is 3. The summed E-state index contributed by atoms with van der Waals surface area (Å²) >= 11 is 2.08. The molecule has 0 radical (unpaired) electrons. The van der Waals surface area contributed by atoms with E-state index in [0.29, 0.717) is 11.3 Å². The Morgan fingerprint density at radius 1 is 1.11 bits per heavy atom. The van der Waals surface area contributed by atoms with E-state index in [2.05, 4.69) is 17.1 Å². The lowest BCUT2D eigenvalue weighted by Gasteiger charge is -2.26. The monoisotopic (exact) mass is 269 g/mol. The van der Waals surface area contributed by atoms with E-state index >= 15 is 0 Å². The quantitative estimate of drug-likeness (QED) is 0.806. The summed E-state index contributed by atoms with van der Waals surface area (Å²) in [6.45, 7) is 0. The molecule has 2 unspecified atom stereocenters. The van der Waals surface area contributed by atoms with Crippen LogP contribution < -0.4 is 5.32 Å². The lowest BCUT2D eigenvalue weighted by Crippen LogP contribution is -2.51. The highest BCUT2D eigenvalue weighted by atomic mass is 32.2. The topological polar surface area (TPSA) is 49.3 Å². The first kappa shape index (κ1) is 12.8. The Morgan fingerprint density at radius 3 is 2.44 bits per heavy atom. The lowest BCUT2D eigenvalue weighted by atomic mass is 9.98. The van der Waals surface area contributed by atoms with E-state index in [1.54, 1.807) is 0 Å². The fourth-order valence-electron chi connectivity index (χ4n) is 3.42.